The van der Waals surface area contributed by atoms with Crippen LogP contribution in [0.1, 0.15) is 71.1 Å². The number of nitrogens with one attached hydrogen (secondary N) is 1. The van der Waals surface area contributed by atoms with E-state index in [4.69, 9.17) is 47.4 Å². The predicted octanol–water partition coefficient (Wildman–Crippen LogP) is 2.72. The lowest BCUT2D eigenvalue weighted by Gasteiger charge is -2.41. The predicted molar refractivity (Wildman–Crippen MR) is 190 cm³/mol. The molecule has 16 nitrogen and oxygen atoms in total. The average molecular weight is 751 g/mol. The molecule has 1 aliphatic rings. The summed E-state index contributed by atoms with van der Waals surface area (Å²) in [6.45, 7) is 9.47. The molecule has 52 heavy (non-hydrogen) atoms. The fourth-order valence-electron chi connectivity index (χ4n) is 5.11. The Morgan fingerprint density at radius 2 is 1.10 bits per heavy atom. The summed E-state index contributed by atoms with van der Waals surface area (Å²) in [7, 11) is 3.14. The van der Waals surface area contributed by atoms with Gasteiger partial charge >= 0.3 is 12.1 Å². The van der Waals surface area contributed by atoms with Crippen molar-refractivity contribution >= 4 is 23.6 Å². The first-order chi connectivity index (χ1) is 25.3. The molecule has 0 aromatic carbocycles. The topological polar surface area (TPSA) is 176 Å². The molecular weight excluding hydrogens is 684 g/mol. The Morgan fingerprint density at radius 3 is 1.67 bits per heavy atom. The minimum atomic E-state index is -0.892. The monoisotopic (exact) mass is 750 g/mol. The summed E-state index contributed by atoms with van der Waals surface area (Å²) in [6.07, 6.45) is 5.21. The highest BCUT2D eigenvalue weighted by molar-refractivity contribution is 5.78. The maximum atomic E-state index is 12.4. The van der Waals surface area contributed by atoms with E-state index in [1.807, 2.05) is 0 Å². The van der Waals surface area contributed by atoms with Crippen LogP contribution in [0.3, 0.4) is 0 Å². The van der Waals surface area contributed by atoms with Gasteiger partial charge in [-0.15, -0.1) is 0 Å². The van der Waals surface area contributed by atoms with Crippen LogP contribution >= 0.6 is 0 Å². The first kappa shape index (κ1) is 47.7. The molecule has 0 bridgehead atoms. The Balaban J connectivity index is 2.18. The highest BCUT2D eigenvalue weighted by Crippen LogP contribution is 2.28. The summed E-state index contributed by atoms with van der Waals surface area (Å²) in [5.41, 5.74) is 0. The number of amides is 1. The van der Waals surface area contributed by atoms with Crippen molar-refractivity contribution in [2.75, 3.05) is 133 Å². The number of ketones is 2. The lowest BCUT2D eigenvalue weighted by Crippen LogP contribution is -2.49. The van der Waals surface area contributed by atoms with Crippen molar-refractivity contribution in [1.29, 1.82) is 0 Å². The van der Waals surface area contributed by atoms with Gasteiger partial charge in [-0.2, -0.15) is 0 Å². The molecule has 1 heterocycles. The van der Waals surface area contributed by atoms with Crippen molar-refractivity contribution in [3.8, 4) is 0 Å². The van der Waals surface area contributed by atoms with E-state index >= 15 is 0 Å². The van der Waals surface area contributed by atoms with Crippen LogP contribution in [0.4, 0.5) is 4.79 Å². The summed E-state index contributed by atoms with van der Waals surface area (Å²) in [5, 5.41) is 2.59. The first-order valence-corrected chi connectivity index (χ1v) is 18.7. The normalized spacial score (nSPS) is 14.3. The minimum Gasteiger partial charge on any atom is -0.463 e. The second kappa shape index (κ2) is 33.3. The van der Waals surface area contributed by atoms with Crippen molar-refractivity contribution in [2.24, 2.45) is 0 Å². The lowest BCUT2D eigenvalue weighted by molar-refractivity contribution is -0.263. The molecule has 0 aliphatic carbocycles. The molecule has 1 fully saturated rings. The van der Waals surface area contributed by atoms with Crippen molar-refractivity contribution in [3.63, 3.8) is 0 Å². The fraction of sp³-hybridized carbons (Fsp3) is 0.889. The minimum absolute atomic E-state index is 0.0571. The van der Waals surface area contributed by atoms with E-state index in [0.717, 1.165) is 19.4 Å². The smallest absolute Gasteiger partial charge is 0.407 e. The molecule has 1 aliphatic heterocycles. The Labute approximate surface area is 310 Å². The Kier molecular flexibility index (Phi) is 30.6. The van der Waals surface area contributed by atoms with E-state index in [1.54, 1.807) is 21.1 Å². The number of hydrogen-bond acceptors (Lipinski definition) is 15. The molecule has 0 spiro atoms. The van der Waals surface area contributed by atoms with Crippen LogP contribution in [0.2, 0.25) is 0 Å². The van der Waals surface area contributed by atoms with Gasteiger partial charge in [0.25, 0.3) is 0 Å². The lowest BCUT2D eigenvalue weighted by atomic mass is 10.0. The molecule has 0 atom stereocenters. The molecule has 0 aromatic heterocycles. The third-order valence-electron chi connectivity index (χ3n) is 7.92. The number of Topliss-reactive ketones (excluding diaryl/α,β-unsaturated/α-hetero) is 2. The quantitative estimate of drug-likeness (QED) is 0.0562. The van der Waals surface area contributed by atoms with Crippen LogP contribution in [-0.4, -0.2) is 167 Å². The number of methoxy groups -OCH3 is 2. The van der Waals surface area contributed by atoms with Gasteiger partial charge in [0.05, 0.1) is 59.5 Å². The Bertz CT molecular complexity index is 885. The maximum absolute atomic E-state index is 12.4. The third-order valence-corrected chi connectivity index (χ3v) is 7.92. The average Bonchev–Trinajstić information content (AvgIpc) is 3.13. The highest BCUT2D eigenvalue weighted by Gasteiger charge is 2.36. The summed E-state index contributed by atoms with van der Waals surface area (Å²) in [4.78, 5) is 49.3. The third kappa shape index (κ3) is 28.3. The number of carbonyl (C=O) groups is 4. The summed E-state index contributed by atoms with van der Waals surface area (Å²) >= 11 is 0. The fourth-order valence-corrected chi connectivity index (χ4v) is 5.11. The van der Waals surface area contributed by atoms with E-state index in [-0.39, 0.29) is 50.4 Å². The van der Waals surface area contributed by atoms with Crippen LogP contribution in [0, 0.1) is 0 Å². The van der Waals surface area contributed by atoms with E-state index in [0.29, 0.717) is 131 Å². The van der Waals surface area contributed by atoms with Gasteiger partial charge < -0.3 is 62.4 Å². The molecule has 1 rings (SSSR count). The standard InChI is InChI=1S/C36H66N2O14/c1-32(39)8-5-19-45-22-24-47-26-27-48-25-23-46-20-6-10-33(40)9-4-15-38-16-12-36(13-17-38,51-30-28-49-34(41)11-7-18-43-2)52-31-29-50-35(42)37-14-21-44-3/h4-31H2,1-3H3,(H,37,42). The molecule has 0 radical (unpaired) electrons. The van der Waals surface area contributed by atoms with Crippen LogP contribution in [0.5, 0.6) is 0 Å². The van der Waals surface area contributed by atoms with Crippen LogP contribution < -0.4 is 5.32 Å². The van der Waals surface area contributed by atoms with Gasteiger partial charge in [0.1, 0.15) is 24.8 Å². The molecule has 16 heteroatoms. The number of hydrogen-bond donors (Lipinski definition) is 1. The number of rotatable bonds is 36. The van der Waals surface area contributed by atoms with Crippen molar-refractivity contribution in [1.82, 2.24) is 10.2 Å². The maximum Gasteiger partial charge on any atom is 0.407 e. The van der Waals surface area contributed by atoms with E-state index in [1.165, 1.54) is 0 Å². The van der Waals surface area contributed by atoms with Crippen molar-refractivity contribution < 1.29 is 66.5 Å². The van der Waals surface area contributed by atoms with Crippen LogP contribution in [-0.2, 0) is 61.8 Å². The van der Waals surface area contributed by atoms with Gasteiger partial charge in [-0.05, 0) is 39.2 Å². The number of esters is 1. The summed E-state index contributed by atoms with van der Waals surface area (Å²) < 4.78 is 54.5. The Hall–Kier alpha value is -2.28. The zero-order valence-electron chi connectivity index (χ0n) is 32.0. The van der Waals surface area contributed by atoms with Crippen molar-refractivity contribution in [2.45, 2.75) is 76.9 Å². The van der Waals surface area contributed by atoms with E-state index < -0.39 is 11.9 Å². The number of ether oxygens (including phenoxy) is 10. The van der Waals surface area contributed by atoms with Gasteiger partial charge in [-0.3, -0.25) is 9.59 Å². The second-order valence-electron chi connectivity index (χ2n) is 12.3. The molecule has 0 aromatic rings. The molecule has 1 saturated heterocycles. The zero-order chi connectivity index (χ0) is 38.0. The number of alkyl carbamates (subject to hydrolysis) is 1. The van der Waals surface area contributed by atoms with Crippen LogP contribution in [0.15, 0.2) is 0 Å². The Morgan fingerprint density at radius 1 is 0.577 bits per heavy atom. The van der Waals surface area contributed by atoms with Gasteiger partial charge in [0.2, 0.25) is 0 Å². The molecule has 1 N–H and O–H groups in total. The molecule has 304 valence electrons. The number of carbonyl (C=O) groups excluding carboxylic acids is 4. The first-order valence-electron chi connectivity index (χ1n) is 18.7. The molecule has 0 unspecified atom stereocenters. The van der Waals surface area contributed by atoms with Gasteiger partial charge in [0, 0.05) is 92.2 Å². The zero-order valence-corrected chi connectivity index (χ0v) is 32.0. The van der Waals surface area contributed by atoms with E-state index in [2.05, 4.69) is 10.2 Å². The molecule has 1 amide bonds. The number of likely N-dealkylation sites (tertiary alicyclic amines) is 1. The van der Waals surface area contributed by atoms with Crippen LogP contribution in [0.25, 0.3) is 0 Å². The van der Waals surface area contributed by atoms with Crippen molar-refractivity contribution in [3.05, 3.63) is 0 Å². The molecular formula is C36H66N2O14. The number of piperidine rings is 1. The van der Waals surface area contributed by atoms with Gasteiger partial charge in [-0.25, -0.2) is 4.79 Å². The van der Waals surface area contributed by atoms with E-state index in [9.17, 15) is 19.2 Å². The summed E-state index contributed by atoms with van der Waals surface area (Å²) in [6, 6.07) is 0. The second-order valence-corrected chi connectivity index (χ2v) is 12.3. The van der Waals surface area contributed by atoms with Gasteiger partial charge in [0.15, 0.2) is 5.79 Å². The van der Waals surface area contributed by atoms with Gasteiger partial charge in [-0.1, -0.05) is 0 Å². The largest absolute Gasteiger partial charge is 0.463 e. The SMILES string of the molecule is COCCCC(=O)OCCOC1(OCCOC(=O)NCCOC)CCN(CCCC(=O)CCCOCCOCCOCCOCCCC(C)=O)CC1. The number of nitrogens with zero attached hydrogens (tertiary/aromatic N) is 1. The highest BCUT2D eigenvalue weighted by atomic mass is 16.7. The summed E-state index contributed by atoms with van der Waals surface area (Å²) in [5.74, 6) is -0.799. The molecule has 0 saturated carbocycles.